The monoisotopic (exact) mass is 408 g/mol. The van der Waals surface area contributed by atoms with E-state index in [-0.39, 0.29) is 37.3 Å². The standard InChI is InChI=1S/C18H36N4O4.ClH/c1-6-7-8-12-17(24)22(14-21(26)15-23)16(18(25)20(4)5)11-9-10-13-19(2)3;/h15-16,26H,6-14H2,1-5H3;1H/t16-;/m0./s1. The number of nitrogens with zero attached hydrogens (tertiary/aromatic N) is 4. The molecule has 0 heterocycles. The summed E-state index contributed by atoms with van der Waals surface area (Å²) in [4.78, 5) is 41.0. The molecule has 0 aliphatic rings. The zero-order valence-corrected chi connectivity index (χ0v) is 18.2. The summed E-state index contributed by atoms with van der Waals surface area (Å²) < 4.78 is 0. The second-order valence-corrected chi connectivity index (χ2v) is 7.05. The molecule has 3 amide bonds. The van der Waals surface area contributed by atoms with Gasteiger partial charge in [-0.3, -0.25) is 19.6 Å². The van der Waals surface area contributed by atoms with Crippen LogP contribution in [0.2, 0.25) is 0 Å². The van der Waals surface area contributed by atoms with Crippen LogP contribution in [0.25, 0.3) is 0 Å². The van der Waals surface area contributed by atoms with Crippen LogP contribution >= 0.6 is 12.4 Å². The third kappa shape index (κ3) is 11.8. The van der Waals surface area contributed by atoms with Gasteiger partial charge < -0.3 is 14.7 Å². The highest BCUT2D eigenvalue weighted by atomic mass is 35.5. The average Bonchev–Trinajstić information content (AvgIpc) is 2.59. The molecule has 0 aliphatic carbocycles. The molecule has 0 radical (unpaired) electrons. The Bertz CT molecular complexity index is 436. The molecule has 0 bridgehead atoms. The predicted octanol–water partition coefficient (Wildman–Crippen LogP) is 1.81. The van der Waals surface area contributed by atoms with Gasteiger partial charge in [-0.05, 0) is 46.3 Å². The molecule has 0 saturated heterocycles. The Morgan fingerprint density at radius 2 is 1.67 bits per heavy atom. The van der Waals surface area contributed by atoms with Crippen LogP contribution in [0.1, 0.15) is 51.9 Å². The number of unbranched alkanes of at least 4 members (excludes halogenated alkanes) is 3. The van der Waals surface area contributed by atoms with Crippen molar-refractivity contribution in [1.82, 2.24) is 19.8 Å². The molecular formula is C18H37ClN4O4. The Labute approximate surface area is 169 Å². The van der Waals surface area contributed by atoms with Crippen molar-refractivity contribution in [2.24, 2.45) is 0 Å². The normalized spacial score (nSPS) is 11.5. The topological polar surface area (TPSA) is 84.4 Å². The number of likely N-dealkylation sites (N-methyl/N-ethyl adjacent to an activating group) is 1. The fourth-order valence-corrected chi connectivity index (χ4v) is 2.69. The number of carbonyl (C=O) groups is 3. The summed E-state index contributed by atoms with van der Waals surface area (Å²) in [6, 6.07) is -0.684. The molecule has 0 aromatic heterocycles. The molecule has 9 heteroatoms. The first-order valence-electron chi connectivity index (χ1n) is 9.30. The van der Waals surface area contributed by atoms with Gasteiger partial charge in [0.25, 0.3) is 0 Å². The highest BCUT2D eigenvalue weighted by Gasteiger charge is 2.31. The van der Waals surface area contributed by atoms with Gasteiger partial charge in [0, 0.05) is 20.5 Å². The van der Waals surface area contributed by atoms with Gasteiger partial charge in [0.15, 0.2) is 0 Å². The largest absolute Gasteiger partial charge is 0.347 e. The maximum Gasteiger partial charge on any atom is 0.244 e. The number of hydroxylamine groups is 2. The Balaban J connectivity index is 0. The molecule has 0 spiro atoms. The van der Waals surface area contributed by atoms with Gasteiger partial charge in [-0.1, -0.05) is 19.8 Å². The van der Waals surface area contributed by atoms with E-state index in [4.69, 9.17) is 0 Å². The lowest BCUT2D eigenvalue weighted by Gasteiger charge is -2.34. The highest BCUT2D eigenvalue weighted by molar-refractivity contribution is 5.87. The van der Waals surface area contributed by atoms with Crippen LogP contribution in [0.4, 0.5) is 0 Å². The molecule has 0 aromatic rings. The predicted molar refractivity (Wildman–Crippen MR) is 108 cm³/mol. The van der Waals surface area contributed by atoms with E-state index in [0.717, 1.165) is 38.6 Å². The Hall–Kier alpha value is -1.38. The number of halogens is 1. The van der Waals surface area contributed by atoms with Gasteiger partial charge in [0.2, 0.25) is 18.2 Å². The minimum absolute atomic E-state index is 0. The van der Waals surface area contributed by atoms with Crippen LogP contribution < -0.4 is 0 Å². The van der Waals surface area contributed by atoms with Crippen molar-refractivity contribution in [3.05, 3.63) is 0 Å². The minimum atomic E-state index is -0.684. The molecule has 8 nitrogen and oxygen atoms in total. The third-order valence-electron chi connectivity index (χ3n) is 4.17. The molecule has 27 heavy (non-hydrogen) atoms. The van der Waals surface area contributed by atoms with Crippen molar-refractivity contribution in [2.45, 2.75) is 57.9 Å². The smallest absolute Gasteiger partial charge is 0.244 e. The van der Waals surface area contributed by atoms with Crippen molar-refractivity contribution >= 4 is 30.6 Å². The quantitative estimate of drug-likeness (QED) is 0.156. The summed E-state index contributed by atoms with van der Waals surface area (Å²) in [6.45, 7) is 2.65. The van der Waals surface area contributed by atoms with Crippen molar-refractivity contribution < 1.29 is 19.6 Å². The summed E-state index contributed by atoms with van der Waals surface area (Å²) in [5, 5.41) is 10.0. The Morgan fingerprint density at radius 3 is 2.15 bits per heavy atom. The highest BCUT2D eigenvalue weighted by Crippen LogP contribution is 2.15. The molecule has 0 rings (SSSR count). The minimum Gasteiger partial charge on any atom is -0.347 e. The molecular weight excluding hydrogens is 372 g/mol. The van der Waals surface area contributed by atoms with E-state index in [2.05, 4.69) is 4.90 Å². The zero-order chi connectivity index (χ0) is 20.1. The number of hydrogen-bond donors (Lipinski definition) is 1. The SMILES string of the molecule is CCCCCC(=O)N(CN(O)C=O)[C@@H](CCCCN(C)C)C(=O)N(C)C.Cl. The van der Waals surface area contributed by atoms with Crippen LogP contribution in [0.3, 0.4) is 0 Å². The van der Waals surface area contributed by atoms with E-state index < -0.39 is 6.04 Å². The number of hydrogen-bond acceptors (Lipinski definition) is 5. The molecule has 0 aromatic carbocycles. The molecule has 0 fully saturated rings. The van der Waals surface area contributed by atoms with Crippen LogP contribution in [0, 0.1) is 0 Å². The number of rotatable bonds is 14. The van der Waals surface area contributed by atoms with Crippen LogP contribution in [-0.4, -0.2) is 90.6 Å². The lowest BCUT2D eigenvalue weighted by Crippen LogP contribution is -2.52. The van der Waals surface area contributed by atoms with Gasteiger partial charge >= 0.3 is 0 Å². The van der Waals surface area contributed by atoms with Crippen molar-refractivity contribution in [3.8, 4) is 0 Å². The fourth-order valence-electron chi connectivity index (χ4n) is 2.69. The van der Waals surface area contributed by atoms with Crippen LogP contribution in [-0.2, 0) is 14.4 Å². The second kappa shape index (κ2) is 15.7. The van der Waals surface area contributed by atoms with E-state index in [0.29, 0.717) is 17.9 Å². The van der Waals surface area contributed by atoms with Gasteiger partial charge in [-0.2, -0.15) is 0 Å². The first kappa shape index (κ1) is 27.8. The van der Waals surface area contributed by atoms with E-state index in [1.165, 1.54) is 9.80 Å². The molecule has 1 N–H and O–H groups in total. The molecule has 1 atom stereocenters. The van der Waals surface area contributed by atoms with Gasteiger partial charge in [-0.15, -0.1) is 12.4 Å². The van der Waals surface area contributed by atoms with Crippen molar-refractivity contribution in [2.75, 3.05) is 41.4 Å². The first-order chi connectivity index (χ1) is 12.2. The van der Waals surface area contributed by atoms with Crippen molar-refractivity contribution in [1.29, 1.82) is 0 Å². The summed E-state index contributed by atoms with van der Waals surface area (Å²) >= 11 is 0. The summed E-state index contributed by atoms with van der Waals surface area (Å²) in [5.74, 6) is -0.412. The number of amides is 3. The average molecular weight is 409 g/mol. The molecule has 0 saturated carbocycles. The van der Waals surface area contributed by atoms with Crippen molar-refractivity contribution in [3.63, 3.8) is 0 Å². The maximum atomic E-state index is 12.7. The second-order valence-electron chi connectivity index (χ2n) is 7.05. The summed E-state index contributed by atoms with van der Waals surface area (Å²) in [7, 11) is 7.26. The van der Waals surface area contributed by atoms with Gasteiger partial charge in [0.1, 0.15) is 12.7 Å². The Morgan fingerprint density at radius 1 is 1.04 bits per heavy atom. The van der Waals surface area contributed by atoms with Gasteiger partial charge in [-0.25, -0.2) is 5.06 Å². The van der Waals surface area contributed by atoms with E-state index in [1.807, 2.05) is 21.0 Å². The zero-order valence-electron chi connectivity index (χ0n) is 17.4. The number of carbonyl (C=O) groups excluding carboxylic acids is 3. The lowest BCUT2D eigenvalue weighted by atomic mass is 10.1. The van der Waals surface area contributed by atoms with Crippen LogP contribution in [0.15, 0.2) is 0 Å². The maximum absolute atomic E-state index is 12.7. The molecule has 0 aliphatic heterocycles. The molecule has 160 valence electrons. The van der Waals surface area contributed by atoms with E-state index in [9.17, 15) is 19.6 Å². The third-order valence-corrected chi connectivity index (χ3v) is 4.17. The van der Waals surface area contributed by atoms with Gasteiger partial charge in [0.05, 0.1) is 0 Å². The molecule has 0 unspecified atom stereocenters. The van der Waals surface area contributed by atoms with E-state index >= 15 is 0 Å². The Kier molecular flexibility index (Phi) is 16.1. The summed E-state index contributed by atoms with van der Waals surface area (Å²) in [6.07, 6.45) is 5.35. The summed E-state index contributed by atoms with van der Waals surface area (Å²) in [5.41, 5.74) is 0. The first-order valence-corrected chi connectivity index (χ1v) is 9.30. The fraction of sp³-hybridized carbons (Fsp3) is 0.833. The van der Waals surface area contributed by atoms with E-state index in [1.54, 1.807) is 14.1 Å². The van der Waals surface area contributed by atoms with Crippen LogP contribution in [0.5, 0.6) is 0 Å². The lowest BCUT2D eigenvalue weighted by molar-refractivity contribution is -0.170.